The number of aryl methyl sites for hydroxylation is 7. The Hall–Kier alpha value is -8.16. The molecule has 0 N–H and O–H groups in total. The molecular weight excluding hydrogens is 1090 g/mol. The van der Waals surface area contributed by atoms with Gasteiger partial charge in [0.1, 0.15) is 23.3 Å². The Labute approximate surface area is 449 Å². The van der Waals surface area contributed by atoms with Crippen molar-refractivity contribution in [3.63, 3.8) is 0 Å². The van der Waals surface area contributed by atoms with Gasteiger partial charge >= 0.3 is 24.4 Å². The molecule has 0 saturated heterocycles. The highest BCUT2D eigenvalue weighted by Gasteiger charge is 2.40. The summed E-state index contributed by atoms with van der Waals surface area (Å²) in [5.41, 5.74) is 0.620. The maximum absolute atomic E-state index is 13.9. The van der Waals surface area contributed by atoms with E-state index in [-0.39, 0.29) is 16.7 Å². The van der Waals surface area contributed by atoms with E-state index in [1.807, 2.05) is 0 Å². The Morgan fingerprint density at radius 3 is 0.887 bits per heavy atom. The van der Waals surface area contributed by atoms with E-state index in [1.54, 1.807) is 53.7 Å². The van der Waals surface area contributed by atoms with Gasteiger partial charge in [-0.05, 0) is 186 Å². The van der Waals surface area contributed by atoms with Crippen LogP contribution in [0.1, 0.15) is 66.8 Å². The lowest BCUT2D eigenvalue weighted by molar-refractivity contribution is -0.189. The maximum Gasteiger partial charge on any atom is 0.429 e. The summed E-state index contributed by atoms with van der Waals surface area (Å²) in [6.07, 6.45) is -15.4. The van der Waals surface area contributed by atoms with Gasteiger partial charge in [0.05, 0.1) is 22.3 Å². The van der Waals surface area contributed by atoms with Crippen molar-refractivity contribution < 1.29 is 89.2 Å². The predicted molar refractivity (Wildman–Crippen MR) is 267 cm³/mol. The molecule has 20 heteroatoms. The summed E-state index contributed by atoms with van der Waals surface area (Å²) in [5, 5.41) is 0. The molecule has 4 nitrogen and oxygen atoms in total. The second kappa shape index (κ2) is 25.7. The topological polar surface area (TPSA) is 36.9 Å². The van der Waals surface area contributed by atoms with Crippen LogP contribution in [-0.2, 0) is 24.4 Å². The van der Waals surface area contributed by atoms with Gasteiger partial charge in [-0.2, -0.15) is 35.1 Å². The fraction of sp³-hybridized carbons (Fsp3) is 0.200. The van der Waals surface area contributed by atoms with Crippen molar-refractivity contribution in [3.05, 3.63) is 259 Å². The van der Waals surface area contributed by atoms with E-state index in [9.17, 15) is 70.2 Å². The molecule has 8 aromatic carbocycles. The van der Waals surface area contributed by atoms with Crippen LogP contribution in [0.25, 0.3) is 0 Å². The molecule has 0 heterocycles. The molecular formula is C60H48F16O4. The lowest BCUT2D eigenvalue weighted by Gasteiger charge is -2.19. The minimum atomic E-state index is -4.06. The van der Waals surface area contributed by atoms with Gasteiger partial charge < -0.3 is 18.9 Å². The zero-order valence-electron chi connectivity index (χ0n) is 43.5. The van der Waals surface area contributed by atoms with Crippen LogP contribution >= 0.6 is 0 Å². The molecule has 0 bridgehead atoms. The Kier molecular flexibility index (Phi) is 20.2. The van der Waals surface area contributed by atoms with Crippen molar-refractivity contribution in [2.24, 2.45) is 0 Å². The van der Waals surface area contributed by atoms with E-state index >= 15 is 0 Å². The number of ether oxygens (including phenoxy) is 4. The molecule has 8 rings (SSSR count). The highest BCUT2D eigenvalue weighted by atomic mass is 19.3. The number of halogens is 16. The van der Waals surface area contributed by atoms with Gasteiger partial charge in [-0.15, -0.1) is 0 Å². The van der Waals surface area contributed by atoms with Crippen molar-refractivity contribution in [1.82, 2.24) is 0 Å². The summed E-state index contributed by atoms with van der Waals surface area (Å²) in [6.45, 7) is 12.4. The molecule has 8 aromatic rings. The molecule has 80 heavy (non-hydrogen) atoms. The third-order valence-electron chi connectivity index (χ3n) is 11.3. The van der Waals surface area contributed by atoms with Crippen LogP contribution < -0.4 is 18.9 Å². The Morgan fingerprint density at radius 2 is 0.537 bits per heavy atom. The molecule has 0 unspecified atom stereocenters. The molecule has 0 aliphatic carbocycles. The monoisotopic (exact) mass is 1140 g/mol. The van der Waals surface area contributed by atoms with Gasteiger partial charge in [-0.25, -0.2) is 35.1 Å². The van der Waals surface area contributed by atoms with Gasteiger partial charge in [-0.3, -0.25) is 0 Å². The first-order valence-electron chi connectivity index (χ1n) is 23.6. The summed E-state index contributed by atoms with van der Waals surface area (Å²) < 4.78 is 236. The fourth-order valence-corrected chi connectivity index (χ4v) is 6.73. The molecule has 0 aromatic heterocycles. The van der Waals surface area contributed by atoms with Gasteiger partial charge in [-0.1, -0.05) is 54.1 Å². The number of hydrogen-bond acceptors (Lipinski definition) is 4. The van der Waals surface area contributed by atoms with Crippen LogP contribution in [0.5, 0.6) is 23.0 Å². The van der Waals surface area contributed by atoms with E-state index in [1.165, 1.54) is 61.5 Å². The molecule has 0 aliphatic heterocycles. The van der Waals surface area contributed by atoms with Gasteiger partial charge in [0.25, 0.3) is 0 Å². The van der Waals surface area contributed by atoms with Crippen LogP contribution in [0.3, 0.4) is 0 Å². The van der Waals surface area contributed by atoms with Crippen LogP contribution in [0.4, 0.5) is 70.2 Å². The smallest absolute Gasteiger partial charge is 0.426 e. The van der Waals surface area contributed by atoms with E-state index in [4.69, 9.17) is 0 Å². The van der Waals surface area contributed by atoms with E-state index in [0.717, 1.165) is 73.2 Å². The SMILES string of the molecule is Cc1ccc(C(F)(F)Oc2ccc(C)cc2F)cc1.Cc1ccc(OC(F)(F)c2cc(F)c(C)c(F)c2)c(F)c1.Cc1ccc(OC(F)(F)c2ccc(C)c(F)c2)c(F)c1.Cc1ccc(OC(F)(F)c2ccc(C)cc2F)c(F)c1. The Bertz CT molecular complexity index is 3410. The molecule has 424 valence electrons. The summed E-state index contributed by atoms with van der Waals surface area (Å²) >= 11 is 0. The lowest BCUT2D eigenvalue weighted by atomic mass is 10.1. The average molecular weight is 1140 g/mol. The minimum absolute atomic E-state index is 0.242. The molecule has 0 saturated carbocycles. The second-order valence-electron chi connectivity index (χ2n) is 18.1. The quantitative estimate of drug-likeness (QED) is 0.114. The first-order chi connectivity index (χ1) is 37.2. The number of alkyl halides is 8. The van der Waals surface area contributed by atoms with E-state index in [2.05, 4.69) is 18.9 Å². The summed E-state index contributed by atoms with van der Waals surface area (Å²) in [7, 11) is 0. The summed E-state index contributed by atoms with van der Waals surface area (Å²) in [5.74, 6) is -10.1. The maximum atomic E-state index is 13.9. The highest BCUT2D eigenvalue weighted by molar-refractivity contribution is 5.36. The molecule has 0 amide bonds. The van der Waals surface area contributed by atoms with Crippen molar-refractivity contribution >= 4 is 0 Å². The summed E-state index contributed by atoms with van der Waals surface area (Å²) in [4.78, 5) is 0. The molecule has 0 aliphatic rings. The van der Waals surface area contributed by atoms with Crippen LogP contribution in [0.2, 0.25) is 0 Å². The molecule has 0 atom stereocenters. The lowest BCUT2D eigenvalue weighted by Crippen LogP contribution is -2.24. The van der Waals surface area contributed by atoms with Crippen LogP contribution in [0, 0.1) is 102 Å². The largest absolute Gasteiger partial charge is 0.429 e. The average Bonchev–Trinajstić information content (AvgIpc) is 3.35. The molecule has 0 fully saturated rings. The van der Waals surface area contributed by atoms with Crippen LogP contribution in [0.15, 0.2) is 146 Å². The first-order valence-corrected chi connectivity index (χ1v) is 23.6. The zero-order valence-corrected chi connectivity index (χ0v) is 43.5. The minimum Gasteiger partial charge on any atom is -0.426 e. The third-order valence-corrected chi connectivity index (χ3v) is 11.3. The Morgan fingerprint density at radius 1 is 0.250 bits per heavy atom. The van der Waals surface area contributed by atoms with Crippen molar-refractivity contribution in [3.8, 4) is 23.0 Å². The third kappa shape index (κ3) is 16.9. The van der Waals surface area contributed by atoms with Gasteiger partial charge in [0.2, 0.25) is 0 Å². The van der Waals surface area contributed by atoms with Crippen molar-refractivity contribution in [2.75, 3.05) is 0 Å². The number of rotatable bonds is 12. The Balaban J connectivity index is 0.000000196. The normalized spacial score (nSPS) is 11.5. The first kappa shape index (κ1) is 62.7. The predicted octanol–water partition coefficient (Wildman–Crippen LogP) is 18.8. The number of benzene rings is 8. The molecule has 0 spiro atoms. The standard InChI is InChI=1S/C15H11F5O.2C15H12F4O.C15H13F3O/c1-8-3-4-14(13(18)5-8)21-15(19,20)10-6-11(16)9(2)12(17)7-10;1-9-3-6-14(13(17)7-9)20-15(18,19)11-5-4-10(2)12(16)8-11;1-9-3-5-11(12(16)7-9)15(18,19)20-14-6-4-10(2)8-13(14)17;1-10-3-6-12(7-4-10)15(17,18)19-14-8-5-11(2)9-13(14)16/h3-7H,1-2H3;2*3-8H,1-2H3;3-9H,1-2H3. The molecule has 0 radical (unpaired) electrons. The van der Waals surface area contributed by atoms with E-state index < -0.39 is 111 Å². The second-order valence-corrected chi connectivity index (χ2v) is 18.1. The highest BCUT2D eigenvalue weighted by Crippen LogP contribution is 2.38. The summed E-state index contributed by atoms with van der Waals surface area (Å²) in [6, 6.07) is 27.3. The fourth-order valence-electron chi connectivity index (χ4n) is 6.73. The van der Waals surface area contributed by atoms with Crippen molar-refractivity contribution in [2.45, 2.75) is 79.8 Å². The zero-order chi connectivity index (χ0) is 59.7. The van der Waals surface area contributed by atoms with E-state index in [0.29, 0.717) is 46.0 Å². The number of hydrogen-bond donors (Lipinski definition) is 0. The van der Waals surface area contributed by atoms with Crippen molar-refractivity contribution in [1.29, 1.82) is 0 Å². The van der Waals surface area contributed by atoms with Crippen LogP contribution in [-0.4, -0.2) is 0 Å². The van der Waals surface area contributed by atoms with Gasteiger partial charge in [0.15, 0.2) is 46.3 Å². The van der Waals surface area contributed by atoms with Gasteiger partial charge in [0, 0.05) is 5.56 Å².